The molecule has 2 saturated carbocycles. The molecule has 4 heteroatoms. The third kappa shape index (κ3) is 3.98. The Bertz CT molecular complexity index is 364. The van der Waals surface area contributed by atoms with Crippen molar-refractivity contribution in [2.45, 2.75) is 75.9 Å². The first-order chi connectivity index (χ1) is 10.2. The van der Waals surface area contributed by atoms with Crippen molar-refractivity contribution in [2.75, 3.05) is 19.6 Å². The highest BCUT2D eigenvalue weighted by atomic mass is 16.3. The van der Waals surface area contributed by atoms with Crippen LogP contribution in [0.2, 0.25) is 0 Å². The summed E-state index contributed by atoms with van der Waals surface area (Å²) in [5.74, 6) is 0.767. The molecule has 1 aliphatic heterocycles. The van der Waals surface area contributed by atoms with Gasteiger partial charge in [0.25, 0.3) is 5.91 Å². The Hall–Kier alpha value is -0.610. The normalized spacial score (nSPS) is 31.7. The monoisotopic (exact) mass is 294 g/mol. The molecule has 1 saturated heterocycles. The Balaban J connectivity index is 1.48. The molecule has 3 fully saturated rings. The fourth-order valence-corrected chi connectivity index (χ4v) is 3.86. The summed E-state index contributed by atoms with van der Waals surface area (Å²) < 4.78 is 0. The van der Waals surface area contributed by atoms with Crippen LogP contribution in [0.5, 0.6) is 0 Å². The fourth-order valence-electron chi connectivity index (χ4n) is 3.86. The van der Waals surface area contributed by atoms with Gasteiger partial charge in [-0.05, 0) is 38.0 Å². The number of aliphatic hydroxyl groups is 1. The molecule has 0 unspecified atom stereocenters. The Kier molecular flexibility index (Phi) is 4.85. The number of rotatable bonds is 6. The maximum absolute atomic E-state index is 12.6. The highest BCUT2D eigenvalue weighted by Crippen LogP contribution is 2.29. The van der Waals surface area contributed by atoms with Crippen molar-refractivity contribution in [3.63, 3.8) is 0 Å². The van der Waals surface area contributed by atoms with Crippen LogP contribution in [-0.2, 0) is 4.79 Å². The summed E-state index contributed by atoms with van der Waals surface area (Å²) in [7, 11) is 0. The lowest BCUT2D eigenvalue weighted by molar-refractivity contribution is -0.156. The van der Waals surface area contributed by atoms with Crippen molar-refractivity contribution in [1.82, 2.24) is 10.2 Å². The van der Waals surface area contributed by atoms with Crippen LogP contribution in [0.15, 0.2) is 0 Å². The van der Waals surface area contributed by atoms with Gasteiger partial charge < -0.3 is 15.3 Å². The second-order valence-corrected chi connectivity index (χ2v) is 7.38. The largest absolute Gasteiger partial charge is 0.379 e. The zero-order valence-corrected chi connectivity index (χ0v) is 13.1. The minimum atomic E-state index is -1.15. The number of likely N-dealkylation sites (tertiary alicyclic amines) is 1. The Morgan fingerprint density at radius 2 is 1.90 bits per heavy atom. The lowest BCUT2D eigenvalue weighted by Gasteiger charge is -2.39. The van der Waals surface area contributed by atoms with Crippen molar-refractivity contribution < 1.29 is 9.90 Å². The molecule has 0 bridgehead atoms. The molecule has 3 rings (SSSR count). The highest BCUT2D eigenvalue weighted by molar-refractivity contribution is 5.86. The number of hydrogen-bond acceptors (Lipinski definition) is 3. The number of carbonyl (C=O) groups excluding carboxylic acids is 1. The zero-order chi connectivity index (χ0) is 14.7. The highest BCUT2D eigenvalue weighted by Gasteiger charge is 2.42. The van der Waals surface area contributed by atoms with E-state index in [1.165, 1.54) is 44.9 Å². The third-order valence-corrected chi connectivity index (χ3v) is 5.50. The smallest absolute Gasteiger partial charge is 0.255 e. The predicted octanol–water partition coefficient (Wildman–Crippen LogP) is 2.06. The molecule has 1 amide bonds. The molecule has 21 heavy (non-hydrogen) atoms. The van der Waals surface area contributed by atoms with Gasteiger partial charge in [-0.1, -0.05) is 32.1 Å². The van der Waals surface area contributed by atoms with E-state index in [1.54, 1.807) is 0 Å². The number of piperidine rings is 1. The topological polar surface area (TPSA) is 52.6 Å². The van der Waals surface area contributed by atoms with Gasteiger partial charge in [0.15, 0.2) is 5.60 Å². The molecule has 0 aromatic heterocycles. The van der Waals surface area contributed by atoms with E-state index < -0.39 is 5.60 Å². The summed E-state index contributed by atoms with van der Waals surface area (Å²) in [6, 6.07) is 0.541. The molecule has 1 heterocycles. The molecule has 3 aliphatic rings. The number of nitrogens with zero attached hydrogens (tertiary/aromatic N) is 1. The van der Waals surface area contributed by atoms with E-state index in [4.69, 9.17) is 0 Å². The van der Waals surface area contributed by atoms with Crippen molar-refractivity contribution >= 4 is 5.91 Å². The van der Waals surface area contributed by atoms with E-state index in [1.807, 2.05) is 4.90 Å². The molecule has 1 atom stereocenters. The first kappa shape index (κ1) is 15.3. The Morgan fingerprint density at radius 3 is 2.62 bits per heavy atom. The van der Waals surface area contributed by atoms with Crippen molar-refractivity contribution in [3.05, 3.63) is 0 Å². The molecule has 0 aromatic rings. The molecule has 4 nitrogen and oxygen atoms in total. The van der Waals surface area contributed by atoms with Gasteiger partial charge in [-0.25, -0.2) is 0 Å². The van der Waals surface area contributed by atoms with E-state index in [0.29, 0.717) is 19.0 Å². The molecule has 120 valence electrons. The van der Waals surface area contributed by atoms with E-state index >= 15 is 0 Å². The van der Waals surface area contributed by atoms with Gasteiger partial charge in [0, 0.05) is 25.7 Å². The third-order valence-electron chi connectivity index (χ3n) is 5.50. The Labute approximate surface area is 128 Å². The predicted molar refractivity (Wildman–Crippen MR) is 83.0 cm³/mol. The summed E-state index contributed by atoms with van der Waals surface area (Å²) in [5, 5.41) is 14.0. The van der Waals surface area contributed by atoms with Crippen LogP contribution in [0.1, 0.15) is 64.2 Å². The maximum atomic E-state index is 12.6. The summed E-state index contributed by atoms with van der Waals surface area (Å²) in [6.07, 6.45) is 11.8. The average molecular weight is 294 g/mol. The van der Waals surface area contributed by atoms with E-state index in [9.17, 15) is 9.90 Å². The molecular formula is C17H30N2O2. The van der Waals surface area contributed by atoms with Crippen LogP contribution < -0.4 is 5.32 Å². The minimum Gasteiger partial charge on any atom is -0.379 e. The van der Waals surface area contributed by atoms with Gasteiger partial charge in [-0.15, -0.1) is 0 Å². The van der Waals surface area contributed by atoms with E-state index in [-0.39, 0.29) is 5.91 Å². The lowest BCUT2D eigenvalue weighted by atomic mass is 9.86. The minimum absolute atomic E-state index is 0.0299. The number of amides is 1. The second kappa shape index (κ2) is 6.66. The average Bonchev–Trinajstić information content (AvgIpc) is 3.32. The molecule has 2 aliphatic carbocycles. The molecular weight excluding hydrogens is 264 g/mol. The van der Waals surface area contributed by atoms with Crippen LogP contribution in [0.4, 0.5) is 0 Å². The quantitative estimate of drug-likeness (QED) is 0.788. The first-order valence-corrected chi connectivity index (χ1v) is 8.92. The van der Waals surface area contributed by atoms with Gasteiger partial charge in [0.2, 0.25) is 0 Å². The maximum Gasteiger partial charge on any atom is 0.255 e. The van der Waals surface area contributed by atoms with Crippen LogP contribution in [-0.4, -0.2) is 47.2 Å². The first-order valence-electron chi connectivity index (χ1n) is 8.92. The number of carbonyl (C=O) groups is 1. The standard InChI is InChI=1S/C17H30N2O2/c20-16-17(21,13-18-15-7-8-15)10-4-11-19(16)12-9-14-5-2-1-3-6-14/h14-15,18,21H,1-13H2/t17-/m1/s1. The molecule has 2 N–H and O–H groups in total. The zero-order valence-electron chi connectivity index (χ0n) is 13.1. The summed E-state index contributed by atoms with van der Waals surface area (Å²) >= 11 is 0. The van der Waals surface area contributed by atoms with Crippen LogP contribution in [0.25, 0.3) is 0 Å². The molecule has 0 radical (unpaired) electrons. The van der Waals surface area contributed by atoms with Crippen molar-refractivity contribution in [2.24, 2.45) is 5.92 Å². The summed E-state index contributed by atoms with van der Waals surface area (Å²) in [6.45, 7) is 2.11. The lowest BCUT2D eigenvalue weighted by Crippen LogP contribution is -2.58. The summed E-state index contributed by atoms with van der Waals surface area (Å²) in [5.41, 5.74) is -1.15. The van der Waals surface area contributed by atoms with Crippen molar-refractivity contribution in [1.29, 1.82) is 0 Å². The SMILES string of the molecule is O=C1N(CCC2CCCCC2)CCC[C@@]1(O)CNC1CC1. The van der Waals surface area contributed by atoms with Gasteiger partial charge >= 0.3 is 0 Å². The Morgan fingerprint density at radius 1 is 1.14 bits per heavy atom. The summed E-state index contributed by atoms with van der Waals surface area (Å²) in [4.78, 5) is 14.5. The fraction of sp³-hybridized carbons (Fsp3) is 0.941. The van der Waals surface area contributed by atoms with E-state index in [2.05, 4.69) is 5.32 Å². The molecule has 0 spiro atoms. The van der Waals surface area contributed by atoms with Gasteiger partial charge in [0.1, 0.15) is 0 Å². The van der Waals surface area contributed by atoms with Crippen LogP contribution in [0, 0.1) is 5.92 Å². The van der Waals surface area contributed by atoms with Gasteiger partial charge in [-0.3, -0.25) is 4.79 Å². The van der Waals surface area contributed by atoms with E-state index in [0.717, 1.165) is 31.8 Å². The van der Waals surface area contributed by atoms with Crippen molar-refractivity contribution in [3.8, 4) is 0 Å². The van der Waals surface area contributed by atoms with Crippen LogP contribution >= 0.6 is 0 Å². The number of hydrogen-bond donors (Lipinski definition) is 2. The van der Waals surface area contributed by atoms with Crippen LogP contribution in [0.3, 0.4) is 0 Å². The van der Waals surface area contributed by atoms with Gasteiger partial charge in [-0.2, -0.15) is 0 Å². The van der Waals surface area contributed by atoms with Gasteiger partial charge in [0.05, 0.1) is 0 Å². The second-order valence-electron chi connectivity index (χ2n) is 7.38. The number of nitrogens with one attached hydrogen (secondary N) is 1. The molecule has 0 aromatic carbocycles.